The Kier molecular flexibility index (Phi) is 6.45. The van der Waals surface area contributed by atoms with Crippen molar-refractivity contribution in [2.45, 2.75) is 41.5 Å². The average molecular weight is 539 g/mol. The second-order valence-electron chi connectivity index (χ2n) is 9.22. The topological polar surface area (TPSA) is 77.5 Å². The third-order valence-electron chi connectivity index (χ3n) is 6.98. The monoisotopic (exact) mass is 538 g/mol. The van der Waals surface area contributed by atoms with Gasteiger partial charge in [0.1, 0.15) is 20.4 Å². The van der Waals surface area contributed by atoms with Gasteiger partial charge in [0.25, 0.3) is 0 Å². The van der Waals surface area contributed by atoms with Crippen LogP contribution in [0.3, 0.4) is 0 Å². The highest BCUT2D eigenvalue weighted by atomic mass is 32.2. The zero-order chi connectivity index (χ0) is 25.8. The molecule has 0 aromatic heterocycles. The van der Waals surface area contributed by atoms with Crippen LogP contribution in [0.15, 0.2) is 41.3 Å². The quantitative estimate of drug-likeness (QED) is 0.507. The van der Waals surface area contributed by atoms with Gasteiger partial charge < -0.3 is 4.74 Å². The molecule has 1 aliphatic carbocycles. The minimum Gasteiger partial charge on any atom is -0.490 e. The summed E-state index contributed by atoms with van der Waals surface area (Å²) in [6.07, 6.45) is -3.10. The molecule has 3 atom stereocenters. The number of alkyl halides is 3. The summed E-state index contributed by atoms with van der Waals surface area (Å²) < 4.78 is 124. The fourth-order valence-electron chi connectivity index (χ4n) is 5.28. The highest BCUT2D eigenvalue weighted by molar-refractivity contribution is 7.92. The van der Waals surface area contributed by atoms with Crippen LogP contribution in [0.25, 0.3) is 0 Å². The van der Waals surface area contributed by atoms with E-state index < -0.39 is 69.9 Å². The van der Waals surface area contributed by atoms with Crippen LogP contribution in [0.1, 0.15) is 36.8 Å². The Balaban J connectivity index is 1.84. The van der Waals surface area contributed by atoms with Crippen molar-refractivity contribution < 1.29 is 43.5 Å². The summed E-state index contributed by atoms with van der Waals surface area (Å²) in [5.74, 6) is -3.63. The van der Waals surface area contributed by atoms with Crippen LogP contribution in [-0.2, 0) is 30.6 Å². The first-order valence-electron chi connectivity index (χ1n) is 10.9. The number of fused-ring (bicyclic) bond motifs is 3. The Bertz CT molecular complexity index is 1340. The largest absolute Gasteiger partial charge is 0.490 e. The number of halogens is 5. The number of hydrogen-bond acceptors (Lipinski definition) is 5. The van der Waals surface area contributed by atoms with Gasteiger partial charge in [0, 0.05) is 12.2 Å². The molecule has 12 heteroatoms. The van der Waals surface area contributed by atoms with Crippen molar-refractivity contribution in [3.8, 4) is 5.75 Å². The lowest BCUT2D eigenvalue weighted by Gasteiger charge is -2.49. The highest BCUT2D eigenvalue weighted by Crippen LogP contribution is 2.57. The fraction of sp³-hybridized carbons (Fsp3) is 0.478. The van der Waals surface area contributed by atoms with E-state index in [1.165, 1.54) is 0 Å². The Hall–Kier alpha value is -2.21. The summed E-state index contributed by atoms with van der Waals surface area (Å²) in [5.41, 5.74) is -1.50. The normalized spacial score (nSPS) is 24.9. The van der Waals surface area contributed by atoms with Crippen molar-refractivity contribution in [3.63, 3.8) is 0 Å². The molecule has 1 fully saturated rings. The molecule has 1 heterocycles. The molecule has 192 valence electrons. The highest BCUT2D eigenvalue weighted by Gasteiger charge is 2.59. The first-order valence-corrected chi connectivity index (χ1v) is 14.4. The molecule has 35 heavy (non-hydrogen) atoms. The van der Waals surface area contributed by atoms with Crippen LogP contribution < -0.4 is 4.74 Å². The average Bonchev–Trinajstić information content (AvgIpc) is 2.78. The van der Waals surface area contributed by atoms with Gasteiger partial charge in [-0.15, -0.1) is 0 Å². The Morgan fingerprint density at radius 2 is 1.63 bits per heavy atom. The van der Waals surface area contributed by atoms with Crippen molar-refractivity contribution in [3.05, 3.63) is 59.2 Å². The van der Waals surface area contributed by atoms with Gasteiger partial charge in [0.15, 0.2) is 21.4 Å². The third-order valence-corrected chi connectivity index (χ3v) is 10.6. The van der Waals surface area contributed by atoms with E-state index >= 15 is 4.39 Å². The van der Waals surface area contributed by atoms with E-state index in [1.807, 2.05) is 0 Å². The summed E-state index contributed by atoms with van der Waals surface area (Å²) in [6, 6.07) is 4.55. The number of benzene rings is 2. The van der Waals surface area contributed by atoms with Crippen molar-refractivity contribution in [1.82, 2.24) is 0 Å². The van der Waals surface area contributed by atoms with Crippen LogP contribution >= 0.6 is 0 Å². The van der Waals surface area contributed by atoms with Gasteiger partial charge in [-0.3, -0.25) is 0 Å². The molecule has 0 unspecified atom stereocenters. The van der Waals surface area contributed by atoms with Gasteiger partial charge in [-0.05, 0) is 68.0 Å². The molecule has 2 aromatic rings. The molecular weight excluding hydrogens is 515 g/mol. The van der Waals surface area contributed by atoms with Crippen LogP contribution in [-0.4, -0.2) is 35.5 Å². The minimum atomic E-state index is -4.68. The Morgan fingerprint density at radius 1 is 1.00 bits per heavy atom. The molecule has 0 bridgehead atoms. The maximum absolute atomic E-state index is 15.2. The van der Waals surface area contributed by atoms with Crippen LogP contribution in [0.4, 0.5) is 22.0 Å². The van der Waals surface area contributed by atoms with Crippen molar-refractivity contribution >= 4 is 19.7 Å². The predicted molar refractivity (Wildman–Crippen MR) is 117 cm³/mol. The Labute approximate surface area is 200 Å². The van der Waals surface area contributed by atoms with Gasteiger partial charge in [-0.2, -0.15) is 13.2 Å². The molecule has 4 rings (SSSR count). The molecule has 0 amide bonds. The van der Waals surface area contributed by atoms with Crippen LogP contribution in [0.5, 0.6) is 5.75 Å². The Morgan fingerprint density at radius 3 is 2.23 bits per heavy atom. The van der Waals surface area contributed by atoms with Gasteiger partial charge in [-0.25, -0.2) is 25.6 Å². The molecule has 0 saturated heterocycles. The van der Waals surface area contributed by atoms with Gasteiger partial charge in [-0.1, -0.05) is 0 Å². The lowest BCUT2D eigenvalue weighted by Crippen LogP contribution is -2.52. The van der Waals surface area contributed by atoms with Crippen LogP contribution in [0.2, 0.25) is 0 Å². The summed E-state index contributed by atoms with van der Waals surface area (Å²) in [5, 5.41) is 0. The van der Waals surface area contributed by atoms with E-state index in [1.54, 1.807) is 0 Å². The number of sulfone groups is 2. The first kappa shape index (κ1) is 25.9. The fourth-order valence-corrected chi connectivity index (χ4v) is 8.41. The second-order valence-corrected chi connectivity index (χ2v) is 13.7. The standard InChI is InChI=1S/C23H23F5O5S2/c1-34(29,30)11-9-14-8-10-22(35(31,32)17-4-2-15(3-5-17)23(26,27)28)16(12-14)13-33-21-19(25)7-6-18(24)20(21)22/h2-7,14,16H,8-13H2,1H3/t14-,16+,22-/m0/s1. The second kappa shape index (κ2) is 8.72. The molecule has 1 aliphatic heterocycles. The zero-order valence-corrected chi connectivity index (χ0v) is 20.2. The van der Waals surface area contributed by atoms with Crippen molar-refractivity contribution in [2.24, 2.45) is 11.8 Å². The van der Waals surface area contributed by atoms with Crippen LogP contribution in [0, 0.1) is 23.5 Å². The molecule has 5 nitrogen and oxygen atoms in total. The lowest BCUT2D eigenvalue weighted by molar-refractivity contribution is -0.137. The summed E-state index contributed by atoms with van der Waals surface area (Å²) in [7, 11) is -7.81. The van der Waals surface area contributed by atoms with E-state index in [-0.39, 0.29) is 44.0 Å². The van der Waals surface area contributed by atoms with Gasteiger partial charge in [0.2, 0.25) is 0 Å². The summed E-state index contributed by atoms with van der Waals surface area (Å²) in [6.45, 7) is -0.261. The van der Waals surface area contributed by atoms with E-state index in [2.05, 4.69) is 0 Å². The smallest absolute Gasteiger partial charge is 0.416 e. The molecule has 1 saturated carbocycles. The summed E-state index contributed by atoms with van der Waals surface area (Å²) >= 11 is 0. The summed E-state index contributed by atoms with van der Waals surface area (Å²) in [4.78, 5) is -0.443. The molecule has 0 N–H and O–H groups in total. The van der Waals surface area contributed by atoms with E-state index in [0.29, 0.717) is 12.1 Å². The zero-order valence-electron chi connectivity index (χ0n) is 18.6. The first-order chi connectivity index (χ1) is 16.2. The maximum Gasteiger partial charge on any atom is 0.416 e. The third kappa shape index (κ3) is 4.54. The van der Waals surface area contributed by atoms with E-state index in [9.17, 15) is 34.4 Å². The predicted octanol–water partition coefficient (Wildman–Crippen LogP) is 4.90. The van der Waals surface area contributed by atoms with E-state index in [0.717, 1.165) is 30.5 Å². The molecular formula is C23H23F5O5S2. The number of hydrogen-bond donors (Lipinski definition) is 0. The van der Waals surface area contributed by atoms with E-state index in [4.69, 9.17) is 4.74 Å². The number of ether oxygens (including phenoxy) is 1. The van der Waals surface area contributed by atoms with Gasteiger partial charge >= 0.3 is 6.18 Å². The van der Waals surface area contributed by atoms with Gasteiger partial charge in [0.05, 0.1) is 28.4 Å². The SMILES string of the molecule is CS(=O)(=O)CC[C@@H]1CC[C@@]2(S(=O)(=O)c3ccc(C(F)(F)F)cc3)c3c(F)ccc(F)c3OC[C@H]2C1. The molecule has 0 radical (unpaired) electrons. The minimum absolute atomic E-state index is 0.108. The maximum atomic E-state index is 15.2. The lowest BCUT2D eigenvalue weighted by atomic mass is 9.68. The molecule has 0 spiro atoms. The molecule has 2 aromatic carbocycles. The molecule has 2 aliphatic rings. The van der Waals surface area contributed by atoms with Crippen molar-refractivity contribution in [1.29, 1.82) is 0 Å². The van der Waals surface area contributed by atoms with Crippen molar-refractivity contribution in [2.75, 3.05) is 18.6 Å². The number of rotatable bonds is 5.